The minimum Gasteiger partial charge on any atom is -0.550 e. The summed E-state index contributed by atoms with van der Waals surface area (Å²) in [5, 5.41) is 32.4. The first kappa shape index (κ1) is 20.7. The molecule has 4 aliphatic carbocycles. The van der Waals surface area contributed by atoms with Crippen molar-refractivity contribution >= 4 is 5.97 Å². The number of carbonyl (C=O) groups is 1. The molecule has 0 heterocycles. The monoisotopic (exact) mass is 391 g/mol. The van der Waals surface area contributed by atoms with E-state index in [4.69, 9.17) is 0 Å². The maximum absolute atomic E-state index is 11.2. The van der Waals surface area contributed by atoms with Crippen molar-refractivity contribution in [2.45, 2.75) is 97.2 Å². The molecular formula is C24H39O4-. The summed E-state index contributed by atoms with van der Waals surface area (Å²) in [5.41, 5.74) is 0.494. The summed E-state index contributed by atoms with van der Waals surface area (Å²) in [6.07, 6.45) is 8.91. The van der Waals surface area contributed by atoms with E-state index in [1.807, 2.05) is 0 Å². The molecule has 0 radical (unpaired) electrons. The standard InChI is InChI=1S/C24H40O4/c1-14(4-7-21(27)28)17-5-6-18-22-19(9-11-24(17,18)3)23(2)10-8-16(25)12-15(23)13-20(22)26/h14-20,22,25-26H,4-13H2,1-3H3,(H,27,28)/p-1/t14-,15-,16+,17+,18-,19+,20+,22+,23+,24-/m1/s1. The highest BCUT2D eigenvalue weighted by molar-refractivity contribution is 5.64. The predicted molar refractivity (Wildman–Crippen MR) is 106 cm³/mol. The van der Waals surface area contributed by atoms with Crippen LogP contribution in [0.25, 0.3) is 0 Å². The van der Waals surface area contributed by atoms with Crippen LogP contribution in [0.2, 0.25) is 0 Å². The number of aliphatic hydroxyl groups excluding tert-OH is 2. The van der Waals surface area contributed by atoms with Gasteiger partial charge in [0, 0.05) is 5.97 Å². The van der Waals surface area contributed by atoms with Crippen molar-refractivity contribution in [3.8, 4) is 0 Å². The van der Waals surface area contributed by atoms with Gasteiger partial charge in [-0.1, -0.05) is 20.8 Å². The van der Waals surface area contributed by atoms with Crippen LogP contribution in [0.1, 0.15) is 85.0 Å². The lowest BCUT2D eigenvalue weighted by atomic mass is 9.43. The molecule has 0 amide bonds. The van der Waals surface area contributed by atoms with Crippen LogP contribution in [0.15, 0.2) is 0 Å². The van der Waals surface area contributed by atoms with Crippen LogP contribution in [0.5, 0.6) is 0 Å². The third-order valence-electron chi connectivity index (χ3n) is 10.2. The second kappa shape index (κ2) is 7.27. The molecule has 4 nitrogen and oxygen atoms in total. The Labute approximate surface area is 170 Å². The number of aliphatic carboxylic acids is 1. The number of aliphatic hydroxyl groups is 2. The first-order valence-corrected chi connectivity index (χ1v) is 11.7. The molecule has 160 valence electrons. The third-order valence-corrected chi connectivity index (χ3v) is 10.2. The summed E-state index contributed by atoms with van der Waals surface area (Å²) in [6, 6.07) is 0. The lowest BCUT2D eigenvalue weighted by molar-refractivity contribution is -0.306. The molecule has 4 saturated carbocycles. The first-order valence-electron chi connectivity index (χ1n) is 11.7. The number of rotatable bonds is 4. The summed E-state index contributed by atoms with van der Waals surface area (Å²) in [7, 11) is 0. The Bertz CT molecular complexity index is 605. The molecule has 4 aliphatic rings. The lowest BCUT2D eigenvalue weighted by Gasteiger charge is -2.62. The fraction of sp³-hybridized carbons (Fsp3) is 0.958. The highest BCUT2D eigenvalue weighted by Crippen LogP contribution is 2.68. The van der Waals surface area contributed by atoms with Gasteiger partial charge in [-0.2, -0.15) is 0 Å². The van der Waals surface area contributed by atoms with Gasteiger partial charge in [-0.05, 0) is 111 Å². The zero-order valence-corrected chi connectivity index (χ0v) is 17.9. The van der Waals surface area contributed by atoms with Crippen LogP contribution in [0, 0.1) is 46.3 Å². The van der Waals surface area contributed by atoms with E-state index < -0.39 is 5.97 Å². The molecule has 0 aromatic rings. The second-order valence-electron chi connectivity index (χ2n) is 11.3. The fourth-order valence-corrected chi connectivity index (χ4v) is 8.72. The molecule has 10 atom stereocenters. The largest absolute Gasteiger partial charge is 0.550 e. The van der Waals surface area contributed by atoms with Gasteiger partial charge in [-0.25, -0.2) is 0 Å². The maximum atomic E-state index is 11.2. The smallest absolute Gasteiger partial charge is 0.0577 e. The molecule has 4 fully saturated rings. The fourth-order valence-electron chi connectivity index (χ4n) is 8.72. The highest BCUT2D eigenvalue weighted by Gasteiger charge is 2.62. The number of hydrogen-bond acceptors (Lipinski definition) is 4. The summed E-state index contributed by atoms with van der Waals surface area (Å²) in [5.74, 6) is 1.99. The van der Waals surface area contributed by atoms with Gasteiger partial charge in [0.15, 0.2) is 0 Å². The number of carboxylic acids is 1. The number of carboxylic acid groups (broad SMARTS) is 1. The van der Waals surface area contributed by atoms with E-state index in [2.05, 4.69) is 20.8 Å². The molecule has 4 rings (SSSR count). The van der Waals surface area contributed by atoms with Gasteiger partial charge in [0.05, 0.1) is 12.2 Å². The molecule has 2 N–H and O–H groups in total. The minimum absolute atomic E-state index is 0.162. The van der Waals surface area contributed by atoms with Crippen LogP contribution in [-0.2, 0) is 4.79 Å². The van der Waals surface area contributed by atoms with Crippen molar-refractivity contribution in [1.82, 2.24) is 0 Å². The van der Waals surface area contributed by atoms with Crippen molar-refractivity contribution in [3.05, 3.63) is 0 Å². The van der Waals surface area contributed by atoms with E-state index in [1.165, 1.54) is 25.7 Å². The van der Waals surface area contributed by atoms with E-state index in [1.54, 1.807) is 0 Å². The van der Waals surface area contributed by atoms with Crippen molar-refractivity contribution in [3.63, 3.8) is 0 Å². The minimum atomic E-state index is -0.934. The molecule has 4 heteroatoms. The van der Waals surface area contributed by atoms with E-state index >= 15 is 0 Å². The highest BCUT2D eigenvalue weighted by atomic mass is 16.4. The Balaban J connectivity index is 1.55. The number of fused-ring (bicyclic) bond motifs is 5. The van der Waals surface area contributed by atoms with E-state index in [9.17, 15) is 20.1 Å². The zero-order chi connectivity index (χ0) is 20.3. The average Bonchev–Trinajstić information content (AvgIpc) is 2.98. The van der Waals surface area contributed by atoms with Gasteiger partial charge in [-0.15, -0.1) is 0 Å². The Morgan fingerprint density at radius 2 is 1.71 bits per heavy atom. The van der Waals surface area contributed by atoms with Crippen molar-refractivity contribution in [2.24, 2.45) is 46.3 Å². The van der Waals surface area contributed by atoms with Crippen LogP contribution in [0.4, 0.5) is 0 Å². The van der Waals surface area contributed by atoms with Crippen LogP contribution in [0.3, 0.4) is 0 Å². The average molecular weight is 392 g/mol. The summed E-state index contributed by atoms with van der Waals surface area (Å²) in [4.78, 5) is 10.9. The Morgan fingerprint density at radius 1 is 1.04 bits per heavy atom. The van der Waals surface area contributed by atoms with E-state index in [0.717, 1.165) is 25.7 Å². The first-order chi connectivity index (χ1) is 13.2. The predicted octanol–water partition coefficient (Wildman–Crippen LogP) is 3.14. The summed E-state index contributed by atoms with van der Waals surface area (Å²) in [6.45, 7) is 7.11. The molecule has 0 aromatic carbocycles. The van der Waals surface area contributed by atoms with Crippen molar-refractivity contribution in [2.75, 3.05) is 0 Å². The van der Waals surface area contributed by atoms with Crippen molar-refractivity contribution in [1.29, 1.82) is 0 Å². The topological polar surface area (TPSA) is 80.6 Å². The quantitative estimate of drug-likeness (QED) is 0.771. The van der Waals surface area contributed by atoms with Crippen molar-refractivity contribution < 1.29 is 20.1 Å². The van der Waals surface area contributed by atoms with Gasteiger partial charge in [0.25, 0.3) is 0 Å². The molecular weight excluding hydrogens is 352 g/mol. The van der Waals surface area contributed by atoms with Crippen LogP contribution in [-0.4, -0.2) is 28.4 Å². The van der Waals surface area contributed by atoms with Gasteiger partial charge in [0.1, 0.15) is 0 Å². The Hall–Kier alpha value is -0.610. The van der Waals surface area contributed by atoms with E-state index in [0.29, 0.717) is 41.9 Å². The summed E-state index contributed by atoms with van der Waals surface area (Å²) < 4.78 is 0. The van der Waals surface area contributed by atoms with Gasteiger partial charge < -0.3 is 20.1 Å². The third kappa shape index (κ3) is 3.14. The number of hydrogen-bond donors (Lipinski definition) is 2. The molecule has 0 aromatic heterocycles. The van der Waals surface area contributed by atoms with Gasteiger partial charge in [0.2, 0.25) is 0 Å². The van der Waals surface area contributed by atoms with Gasteiger partial charge in [-0.3, -0.25) is 0 Å². The van der Waals surface area contributed by atoms with Crippen LogP contribution < -0.4 is 5.11 Å². The molecule has 0 unspecified atom stereocenters. The molecule has 0 bridgehead atoms. The molecule has 0 saturated heterocycles. The SMILES string of the molecule is C[C@H](CCC(=O)[O-])[C@@H]1CC[C@@H]2[C@@H]3[C@@H](O)C[C@H]4C[C@@H](O)CC[C@]4(C)[C@H]3CC[C@@]21C. The second-order valence-corrected chi connectivity index (χ2v) is 11.3. The number of carbonyl (C=O) groups excluding carboxylic acids is 1. The molecule has 28 heavy (non-hydrogen) atoms. The normalized spacial score (nSPS) is 51.7. The van der Waals surface area contributed by atoms with Gasteiger partial charge >= 0.3 is 0 Å². The van der Waals surface area contributed by atoms with E-state index in [-0.39, 0.29) is 29.5 Å². The maximum Gasteiger partial charge on any atom is 0.0577 e. The molecule has 0 aliphatic heterocycles. The Kier molecular flexibility index (Phi) is 5.36. The summed E-state index contributed by atoms with van der Waals surface area (Å²) >= 11 is 0. The lowest BCUT2D eigenvalue weighted by Crippen LogP contribution is -2.58. The zero-order valence-electron chi connectivity index (χ0n) is 17.9. The molecule has 0 spiro atoms. The Morgan fingerprint density at radius 3 is 2.43 bits per heavy atom. The van der Waals surface area contributed by atoms with Crippen LogP contribution >= 0.6 is 0 Å².